The van der Waals surface area contributed by atoms with Crippen molar-refractivity contribution in [3.05, 3.63) is 29.3 Å². The maximum Gasteiger partial charge on any atom is 0.239 e. The molecule has 4 heteroatoms. The third kappa shape index (κ3) is 2.26. The first-order valence-corrected chi connectivity index (χ1v) is 6.00. The molecular weight excluding hydrogens is 214 g/mol. The number of rotatable bonds is 4. The number of nitrogens with zero attached hydrogens (tertiary/aromatic N) is 1. The molecule has 0 aliphatic carbocycles. The molecule has 1 aliphatic rings. The third-order valence-electron chi connectivity index (χ3n) is 3.26. The molecule has 0 saturated heterocycles. The summed E-state index contributed by atoms with van der Waals surface area (Å²) in [6, 6.07) is 5.77. The van der Waals surface area contributed by atoms with Crippen LogP contribution < -0.4 is 16.0 Å². The van der Waals surface area contributed by atoms with Crippen LogP contribution in [0.15, 0.2) is 18.2 Å². The molecule has 1 unspecified atom stereocenters. The number of hydrogen-bond acceptors (Lipinski definition) is 3. The summed E-state index contributed by atoms with van der Waals surface area (Å²) in [6.07, 6.45) is 1.04. The number of likely N-dealkylation sites (N-methyl/N-ethyl adjacent to an activating group) is 2. The van der Waals surface area contributed by atoms with Crippen LogP contribution in [0.5, 0.6) is 0 Å². The van der Waals surface area contributed by atoms with Crippen molar-refractivity contribution in [2.45, 2.75) is 19.4 Å². The van der Waals surface area contributed by atoms with Gasteiger partial charge in [0, 0.05) is 19.3 Å². The van der Waals surface area contributed by atoms with Crippen molar-refractivity contribution in [3.63, 3.8) is 0 Å². The molecule has 1 aromatic carbocycles. The summed E-state index contributed by atoms with van der Waals surface area (Å²) in [7, 11) is 2.08. The van der Waals surface area contributed by atoms with Crippen LogP contribution in [0.1, 0.15) is 24.1 Å². The molecule has 4 nitrogen and oxygen atoms in total. The van der Waals surface area contributed by atoms with E-state index in [4.69, 9.17) is 5.73 Å². The normalized spacial score (nSPS) is 15.8. The molecule has 2 rings (SSSR count). The molecule has 0 radical (unpaired) electrons. The maximum absolute atomic E-state index is 11.4. The number of nitrogens with two attached hydrogens (primary N) is 1. The Morgan fingerprint density at radius 1 is 1.59 bits per heavy atom. The lowest BCUT2D eigenvalue weighted by Gasteiger charge is -2.17. The number of carbonyl (C=O) groups excluding carboxylic acids is 1. The van der Waals surface area contributed by atoms with Gasteiger partial charge < -0.3 is 16.0 Å². The molecule has 1 atom stereocenters. The van der Waals surface area contributed by atoms with E-state index in [2.05, 4.69) is 29.4 Å². The number of amides is 1. The molecule has 0 aromatic heterocycles. The highest BCUT2D eigenvalue weighted by Gasteiger charge is 2.21. The molecule has 1 heterocycles. The van der Waals surface area contributed by atoms with Crippen molar-refractivity contribution in [1.29, 1.82) is 0 Å². The van der Waals surface area contributed by atoms with Crippen LogP contribution in [0, 0.1) is 0 Å². The molecule has 1 amide bonds. The van der Waals surface area contributed by atoms with Crippen molar-refractivity contribution < 1.29 is 4.79 Å². The van der Waals surface area contributed by atoms with E-state index in [1.54, 1.807) is 0 Å². The summed E-state index contributed by atoms with van der Waals surface area (Å²) in [5.74, 6) is -0.321. The Kier molecular flexibility index (Phi) is 3.33. The summed E-state index contributed by atoms with van der Waals surface area (Å²) >= 11 is 0. The molecule has 17 heavy (non-hydrogen) atoms. The topological polar surface area (TPSA) is 58.4 Å². The van der Waals surface area contributed by atoms with Gasteiger partial charge in [-0.15, -0.1) is 0 Å². The van der Waals surface area contributed by atoms with Crippen LogP contribution >= 0.6 is 0 Å². The number of benzene rings is 1. The first kappa shape index (κ1) is 11.9. The largest absolute Gasteiger partial charge is 0.374 e. The van der Waals surface area contributed by atoms with Crippen LogP contribution in [0.2, 0.25) is 0 Å². The van der Waals surface area contributed by atoms with Gasteiger partial charge in [-0.3, -0.25) is 4.79 Å². The minimum atomic E-state index is -0.379. The monoisotopic (exact) mass is 233 g/mol. The van der Waals surface area contributed by atoms with E-state index in [0.29, 0.717) is 0 Å². The van der Waals surface area contributed by atoms with Crippen molar-refractivity contribution in [1.82, 2.24) is 5.32 Å². The van der Waals surface area contributed by atoms with Gasteiger partial charge in [0.25, 0.3) is 0 Å². The second-order valence-electron chi connectivity index (χ2n) is 4.45. The molecule has 1 aliphatic heterocycles. The first-order valence-electron chi connectivity index (χ1n) is 6.00. The number of hydrogen-bond donors (Lipinski definition) is 2. The fourth-order valence-corrected chi connectivity index (χ4v) is 2.35. The lowest BCUT2D eigenvalue weighted by Crippen LogP contribution is -2.33. The number of anilines is 1. The predicted octanol–water partition coefficient (Wildman–Crippen LogP) is 0.815. The molecule has 0 saturated carbocycles. The Labute approximate surface area is 102 Å². The average Bonchev–Trinajstić information content (AvgIpc) is 2.67. The number of nitrogens with one attached hydrogen (secondary N) is 1. The second-order valence-corrected chi connectivity index (χ2v) is 4.45. The Morgan fingerprint density at radius 2 is 2.35 bits per heavy atom. The SMILES string of the molecule is CCNC(C(N)=O)c1ccc2c(c1)CCN2C. The average molecular weight is 233 g/mol. The van der Waals surface area contributed by atoms with Crippen molar-refractivity contribution >= 4 is 11.6 Å². The minimum absolute atomic E-state index is 0.321. The van der Waals surface area contributed by atoms with Crippen LogP contribution in [-0.2, 0) is 11.2 Å². The fraction of sp³-hybridized carbons (Fsp3) is 0.462. The van der Waals surface area contributed by atoms with Gasteiger partial charge in [0.05, 0.1) is 0 Å². The van der Waals surface area contributed by atoms with E-state index < -0.39 is 0 Å². The third-order valence-corrected chi connectivity index (χ3v) is 3.26. The van der Waals surface area contributed by atoms with E-state index in [1.165, 1.54) is 11.3 Å². The lowest BCUT2D eigenvalue weighted by molar-refractivity contribution is -0.120. The summed E-state index contributed by atoms with van der Waals surface area (Å²) in [4.78, 5) is 13.6. The van der Waals surface area contributed by atoms with Crippen molar-refractivity contribution in [2.24, 2.45) is 5.73 Å². The molecule has 92 valence electrons. The lowest BCUT2D eigenvalue weighted by atomic mass is 10.0. The first-order chi connectivity index (χ1) is 8.13. The van der Waals surface area contributed by atoms with Gasteiger partial charge in [0.2, 0.25) is 5.91 Å². The van der Waals surface area contributed by atoms with Crippen molar-refractivity contribution in [2.75, 3.05) is 25.0 Å². The summed E-state index contributed by atoms with van der Waals surface area (Å²) < 4.78 is 0. The Hall–Kier alpha value is -1.55. The zero-order chi connectivity index (χ0) is 12.4. The zero-order valence-corrected chi connectivity index (χ0v) is 10.4. The van der Waals surface area contributed by atoms with E-state index in [-0.39, 0.29) is 11.9 Å². The molecule has 3 N–H and O–H groups in total. The fourth-order valence-electron chi connectivity index (χ4n) is 2.35. The number of carbonyl (C=O) groups is 1. The summed E-state index contributed by atoms with van der Waals surface area (Å²) in [6.45, 7) is 3.74. The van der Waals surface area contributed by atoms with Crippen LogP contribution in [-0.4, -0.2) is 26.0 Å². The predicted molar refractivity (Wildman–Crippen MR) is 69.0 cm³/mol. The van der Waals surface area contributed by atoms with Crippen LogP contribution in [0.25, 0.3) is 0 Å². The molecule has 0 fully saturated rings. The standard InChI is InChI=1S/C13H19N3O/c1-3-15-12(13(14)17)10-4-5-11-9(8-10)6-7-16(11)2/h4-5,8,12,15H,3,6-7H2,1-2H3,(H2,14,17). The molecule has 0 spiro atoms. The van der Waals surface area contributed by atoms with Crippen LogP contribution in [0.3, 0.4) is 0 Å². The van der Waals surface area contributed by atoms with E-state index >= 15 is 0 Å². The van der Waals surface area contributed by atoms with Crippen molar-refractivity contribution in [3.8, 4) is 0 Å². The van der Waals surface area contributed by atoms with E-state index in [0.717, 1.165) is 25.1 Å². The van der Waals surface area contributed by atoms with E-state index in [9.17, 15) is 4.79 Å². The highest BCUT2D eigenvalue weighted by molar-refractivity contribution is 5.81. The van der Waals surface area contributed by atoms with Gasteiger partial charge in [-0.1, -0.05) is 19.1 Å². The number of primary amides is 1. The van der Waals surface area contributed by atoms with Gasteiger partial charge in [0.15, 0.2) is 0 Å². The van der Waals surface area contributed by atoms with Gasteiger partial charge in [-0.25, -0.2) is 0 Å². The van der Waals surface area contributed by atoms with Gasteiger partial charge in [-0.05, 0) is 30.2 Å². The quantitative estimate of drug-likeness (QED) is 0.809. The molecule has 0 bridgehead atoms. The molecular formula is C13H19N3O. The van der Waals surface area contributed by atoms with Gasteiger partial charge in [-0.2, -0.15) is 0 Å². The maximum atomic E-state index is 11.4. The van der Waals surface area contributed by atoms with Gasteiger partial charge >= 0.3 is 0 Å². The Morgan fingerprint density at radius 3 is 3.00 bits per heavy atom. The Bertz CT molecular complexity index is 431. The van der Waals surface area contributed by atoms with Gasteiger partial charge in [0.1, 0.15) is 6.04 Å². The highest BCUT2D eigenvalue weighted by Crippen LogP contribution is 2.29. The summed E-state index contributed by atoms with van der Waals surface area (Å²) in [5.41, 5.74) is 8.94. The summed E-state index contributed by atoms with van der Waals surface area (Å²) in [5, 5.41) is 3.11. The van der Waals surface area contributed by atoms with E-state index in [1.807, 2.05) is 13.0 Å². The number of fused-ring (bicyclic) bond motifs is 1. The second kappa shape index (κ2) is 4.75. The smallest absolute Gasteiger partial charge is 0.239 e. The Balaban J connectivity index is 2.30. The van der Waals surface area contributed by atoms with Crippen LogP contribution in [0.4, 0.5) is 5.69 Å². The zero-order valence-electron chi connectivity index (χ0n) is 10.4. The highest BCUT2D eigenvalue weighted by atomic mass is 16.1. The minimum Gasteiger partial charge on any atom is -0.374 e. The molecule has 1 aromatic rings.